The van der Waals surface area contributed by atoms with Gasteiger partial charge in [0.2, 0.25) is 5.91 Å². The molecular weight excluding hydrogens is 380 g/mol. The van der Waals surface area contributed by atoms with Crippen molar-refractivity contribution in [1.29, 1.82) is 0 Å². The molecule has 7 heteroatoms. The van der Waals surface area contributed by atoms with Gasteiger partial charge >= 0.3 is 0 Å². The first kappa shape index (κ1) is 19.6. The molecule has 0 aliphatic heterocycles. The summed E-state index contributed by atoms with van der Waals surface area (Å²) >= 11 is 0. The molecule has 2 heterocycles. The molecule has 4 rings (SSSR count). The Hall–Kier alpha value is -3.74. The van der Waals surface area contributed by atoms with Crippen LogP contribution in [-0.2, 0) is 24.1 Å². The summed E-state index contributed by atoms with van der Waals surface area (Å²) in [7, 11) is 3.28. The number of aryl methyl sites for hydroxylation is 2. The Bertz CT molecular complexity index is 1140. The number of para-hydroxylation sites is 1. The zero-order valence-corrected chi connectivity index (χ0v) is 17.0. The minimum atomic E-state index is -0.102. The summed E-state index contributed by atoms with van der Waals surface area (Å²) in [4.78, 5) is 15.6. The first-order valence-corrected chi connectivity index (χ1v) is 9.75. The maximum Gasteiger partial charge on any atom is 0.230 e. The van der Waals surface area contributed by atoms with Crippen molar-refractivity contribution in [1.82, 2.24) is 15.2 Å². The van der Waals surface area contributed by atoms with Crippen LogP contribution in [0.15, 0.2) is 54.7 Å². The third kappa shape index (κ3) is 4.46. The number of nitrogens with one attached hydrogen (secondary N) is 3. The average molecular weight is 404 g/mol. The molecule has 2 aromatic carbocycles. The number of carbonyl (C=O) groups excluding carboxylic acids is 1. The number of nitrogens with zero attached hydrogens (tertiary/aromatic N) is 1. The van der Waals surface area contributed by atoms with Crippen LogP contribution in [0, 0.1) is 0 Å². The quantitative estimate of drug-likeness (QED) is 0.416. The number of ether oxygens (including phenoxy) is 2. The van der Waals surface area contributed by atoms with Crippen LogP contribution >= 0.6 is 0 Å². The number of rotatable bonds is 8. The van der Waals surface area contributed by atoms with Crippen molar-refractivity contribution in [3.05, 3.63) is 71.5 Å². The molecule has 0 radical (unpaired) electrons. The van der Waals surface area contributed by atoms with Crippen molar-refractivity contribution in [2.24, 2.45) is 0 Å². The molecule has 4 aromatic rings. The first-order chi connectivity index (χ1) is 14.6. The summed E-state index contributed by atoms with van der Waals surface area (Å²) in [5, 5.41) is 11.1. The van der Waals surface area contributed by atoms with E-state index >= 15 is 0 Å². The van der Waals surface area contributed by atoms with Crippen molar-refractivity contribution >= 4 is 22.6 Å². The Morgan fingerprint density at radius 2 is 1.80 bits per heavy atom. The lowest BCUT2D eigenvalue weighted by atomic mass is 10.1. The van der Waals surface area contributed by atoms with Crippen LogP contribution in [0.2, 0.25) is 0 Å². The van der Waals surface area contributed by atoms with Gasteiger partial charge in [0.1, 0.15) is 11.5 Å². The minimum Gasteiger partial charge on any atom is -0.497 e. The highest BCUT2D eigenvalue weighted by Crippen LogP contribution is 2.23. The van der Waals surface area contributed by atoms with E-state index in [0.717, 1.165) is 52.1 Å². The summed E-state index contributed by atoms with van der Waals surface area (Å²) in [6, 6.07) is 15.6. The molecule has 0 atom stereocenters. The molecular formula is C23H24N4O3. The molecule has 7 nitrogen and oxygen atoms in total. The lowest BCUT2D eigenvalue weighted by Gasteiger charge is -2.08. The van der Waals surface area contributed by atoms with Gasteiger partial charge in [0.05, 0.1) is 20.6 Å². The van der Waals surface area contributed by atoms with E-state index in [-0.39, 0.29) is 12.3 Å². The second kappa shape index (κ2) is 8.73. The molecule has 0 spiro atoms. The maximum absolute atomic E-state index is 12.4. The second-order valence-electron chi connectivity index (χ2n) is 7.08. The molecule has 3 N–H and O–H groups in total. The number of aromatic amines is 2. The molecule has 1 amide bonds. The van der Waals surface area contributed by atoms with E-state index in [4.69, 9.17) is 9.47 Å². The van der Waals surface area contributed by atoms with Gasteiger partial charge in [0.15, 0.2) is 5.82 Å². The van der Waals surface area contributed by atoms with Crippen LogP contribution in [0.25, 0.3) is 10.9 Å². The van der Waals surface area contributed by atoms with E-state index < -0.39 is 0 Å². The fraction of sp³-hybridized carbons (Fsp3) is 0.217. The summed E-state index contributed by atoms with van der Waals surface area (Å²) in [5.74, 6) is 1.95. The van der Waals surface area contributed by atoms with Crippen molar-refractivity contribution < 1.29 is 14.3 Å². The Kier molecular flexibility index (Phi) is 5.70. The fourth-order valence-corrected chi connectivity index (χ4v) is 3.48. The third-order valence-electron chi connectivity index (χ3n) is 5.02. The molecule has 0 saturated carbocycles. The van der Waals surface area contributed by atoms with E-state index in [0.29, 0.717) is 5.82 Å². The van der Waals surface area contributed by atoms with Crippen molar-refractivity contribution in [2.75, 3.05) is 19.5 Å². The molecule has 2 aromatic heterocycles. The number of carbonyl (C=O) groups is 1. The van der Waals surface area contributed by atoms with Gasteiger partial charge in [-0.25, -0.2) is 0 Å². The van der Waals surface area contributed by atoms with Gasteiger partial charge in [-0.05, 0) is 42.2 Å². The van der Waals surface area contributed by atoms with Gasteiger partial charge in [0, 0.05) is 34.9 Å². The van der Waals surface area contributed by atoms with Crippen LogP contribution < -0.4 is 14.8 Å². The molecule has 154 valence electrons. The van der Waals surface area contributed by atoms with Crippen LogP contribution in [0.3, 0.4) is 0 Å². The molecule has 0 aliphatic rings. The van der Waals surface area contributed by atoms with Crippen molar-refractivity contribution in [3.8, 4) is 11.5 Å². The number of methoxy groups -OCH3 is 2. The molecule has 0 aliphatic carbocycles. The smallest absolute Gasteiger partial charge is 0.230 e. The number of amides is 1. The standard InChI is InChI=1S/C23H24N4O3/c1-29-18-9-15(10-19(13-18)30-2)7-8-17-12-22(27-26-17)25-23(28)11-16-14-24-21-6-4-3-5-20(16)21/h3-6,9-10,12-14,24H,7-8,11H2,1-2H3,(H2,25,26,27,28). The summed E-state index contributed by atoms with van der Waals surface area (Å²) < 4.78 is 10.6. The maximum atomic E-state index is 12.4. The number of aromatic nitrogens is 3. The Balaban J connectivity index is 1.35. The predicted molar refractivity (Wildman–Crippen MR) is 116 cm³/mol. The van der Waals surface area contributed by atoms with E-state index in [1.807, 2.05) is 54.7 Å². The number of benzene rings is 2. The van der Waals surface area contributed by atoms with Crippen LogP contribution in [-0.4, -0.2) is 35.3 Å². The fourth-order valence-electron chi connectivity index (χ4n) is 3.48. The molecule has 0 bridgehead atoms. The Labute approximate surface area is 174 Å². The number of hydrogen-bond acceptors (Lipinski definition) is 4. The number of fused-ring (bicyclic) bond motifs is 1. The second-order valence-corrected chi connectivity index (χ2v) is 7.08. The highest BCUT2D eigenvalue weighted by Gasteiger charge is 2.11. The Morgan fingerprint density at radius 3 is 2.57 bits per heavy atom. The topological polar surface area (TPSA) is 92.0 Å². The van der Waals surface area contributed by atoms with Crippen molar-refractivity contribution in [3.63, 3.8) is 0 Å². The zero-order valence-electron chi connectivity index (χ0n) is 17.0. The van der Waals surface area contributed by atoms with Crippen LogP contribution in [0.5, 0.6) is 11.5 Å². The van der Waals surface area contributed by atoms with Crippen LogP contribution in [0.4, 0.5) is 5.82 Å². The van der Waals surface area contributed by atoms with E-state index in [1.54, 1.807) is 14.2 Å². The monoisotopic (exact) mass is 404 g/mol. The number of hydrogen-bond donors (Lipinski definition) is 3. The summed E-state index contributed by atoms with van der Waals surface area (Å²) in [6.45, 7) is 0. The number of H-pyrrole nitrogens is 2. The minimum absolute atomic E-state index is 0.102. The average Bonchev–Trinajstić information content (AvgIpc) is 3.39. The van der Waals surface area contributed by atoms with Gasteiger partial charge in [-0.15, -0.1) is 0 Å². The van der Waals surface area contributed by atoms with E-state index in [1.165, 1.54) is 0 Å². The molecule has 30 heavy (non-hydrogen) atoms. The lowest BCUT2D eigenvalue weighted by Crippen LogP contribution is -2.14. The van der Waals surface area contributed by atoms with E-state index in [2.05, 4.69) is 20.5 Å². The SMILES string of the molecule is COc1cc(CCc2cc(NC(=O)Cc3c[nH]c4ccccc34)n[nH]2)cc(OC)c1. The highest BCUT2D eigenvalue weighted by atomic mass is 16.5. The largest absolute Gasteiger partial charge is 0.497 e. The molecule has 0 saturated heterocycles. The van der Waals surface area contributed by atoms with Gasteiger partial charge in [-0.1, -0.05) is 18.2 Å². The van der Waals surface area contributed by atoms with Gasteiger partial charge in [-0.2, -0.15) is 5.10 Å². The number of anilines is 1. The highest BCUT2D eigenvalue weighted by molar-refractivity contribution is 5.95. The van der Waals surface area contributed by atoms with Gasteiger partial charge < -0.3 is 19.8 Å². The van der Waals surface area contributed by atoms with Gasteiger partial charge in [0.25, 0.3) is 0 Å². The summed E-state index contributed by atoms with van der Waals surface area (Å²) in [6.07, 6.45) is 3.71. The third-order valence-corrected chi connectivity index (χ3v) is 5.02. The molecule has 0 fully saturated rings. The lowest BCUT2D eigenvalue weighted by molar-refractivity contribution is -0.115. The molecule has 0 unspecified atom stereocenters. The normalized spacial score (nSPS) is 10.9. The van der Waals surface area contributed by atoms with Crippen LogP contribution in [0.1, 0.15) is 16.8 Å². The summed E-state index contributed by atoms with van der Waals surface area (Å²) in [5.41, 5.74) is 4.03. The Morgan fingerprint density at radius 1 is 1.03 bits per heavy atom. The predicted octanol–water partition coefficient (Wildman–Crippen LogP) is 3.87. The first-order valence-electron chi connectivity index (χ1n) is 9.75. The zero-order chi connectivity index (χ0) is 20.9. The van der Waals surface area contributed by atoms with E-state index in [9.17, 15) is 4.79 Å². The van der Waals surface area contributed by atoms with Gasteiger partial charge in [-0.3, -0.25) is 9.89 Å². The van der Waals surface area contributed by atoms with Crippen molar-refractivity contribution in [2.45, 2.75) is 19.3 Å².